The maximum atomic E-state index is 11.4. The van der Waals surface area contributed by atoms with Crippen molar-refractivity contribution < 1.29 is 18.3 Å². The van der Waals surface area contributed by atoms with E-state index in [1.54, 1.807) is 6.08 Å². The summed E-state index contributed by atoms with van der Waals surface area (Å²) >= 11 is 0. The van der Waals surface area contributed by atoms with Gasteiger partial charge in [-0.1, -0.05) is 90.0 Å². The smallest absolute Gasteiger partial charge is 0.318 e. The third-order valence-corrected chi connectivity index (χ3v) is 5.27. The Morgan fingerprint density at radius 2 is 1.28 bits per heavy atom. The van der Waals surface area contributed by atoms with Crippen LogP contribution in [-0.2, 0) is 14.8 Å². The molecule has 0 aromatic rings. The topological polar surface area (TPSA) is 83.5 Å². The summed E-state index contributed by atoms with van der Waals surface area (Å²) in [5, 5.41) is 9.50. The van der Waals surface area contributed by atoms with Crippen LogP contribution < -0.4 is 4.72 Å². The fourth-order valence-corrected chi connectivity index (χ4v) is 3.50. The predicted molar refractivity (Wildman–Crippen MR) is 104 cm³/mol. The highest BCUT2D eigenvalue weighted by Crippen LogP contribution is 2.13. The molecular formula is C19H37NO4S. The molecule has 0 aliphatic heterocycles. The molecule has 0 rings (SSSR count). The van der Waals surface area contributed by atoms with Crippen LogP contribution in [0.2, 0.25) is 0 Å². The lowest BCUT2D eigenvalue weighted by Gasteiger charge is -2.02. The normalized spacial score (nSPS) is 12.0. The van der Waals surface area contributed by atoms with E-state index in [2.05, 4.69) is 6.92 Å². The van der Waals surface area contributed by atoms with Crippen LogP contribution in [0.25, 0.3) is 0 Å². The minimum absolute atomic E-state index is 0.578. The summed E-state index contributed by atoms with van der Waals surface area (Å²) in [5.41, 5.74) is 0. The molecule has 5 nitrogen and oxygen atoms in total. The highest BCUT2D eigenvalue weighted by Gasteiger charge is 2.06. The first-order valence-corrected chi connectivity index (χ1v) is 11.4. The largest absolute Gasteiger partial charge is 0.480 e. The average molecular weight is 376 g/mol. The number of nitrogens with one attached hydrogen (secondary N) is 1. The number of hydrogen-bond donors (Lipinski definition) is 2. The molecule has 0 unspecified atom stereocenters. The molecule has 0 saturated heterocycles. The van der Waals surface area contributed by atoms with E-state index in [0.29, 0.717) is 6.42 Å². The van der Waals surface area contributed by atoms with Gasteiger partial charge in [0.2, 0.25) is 10.0 Å². The number of allylic oxidation sites excluding steroid dienone is 1. The Morgan fingerprint density at radius 1 is 0.840 bits per heavy atom. The Labute approximate surface area is 154 Å². The molecule has 25 heavy (non-hydrogen) atoms. The van der Waals surface area contributed by atoms with Gasteiger partial charge in [0.15, 0.2) is 0 Å². The minimum Gasteiger partial charge on any atom is -0.480 e. The fourth-order valence-electron chi connectivity index (χ4n) is 2.69. The molecule has 0 radical (unpaired) electrons. The predicted octanol–water partition coefficient (Wildman–Crippen LogP) is 4.99. The molecule has 0 aliphatic carbocycles. The SMILES string of the molecule is CCCCCCCCCCCCCCC/C=C/S(=O)(=O)NCC(=O)O. The second-order valence-corrected chi connectivity index (χ2v) is 8.31. The van der Waals surface area contributed by atoms with Crippen molar-refractivity contribution in [3.05, 3.63) is 11.5 Å². The van der Waals surface area contributed by atoms with Crippen molar-refractivity contribution in [2.45, 2.75) is 96.8 Å². The van der Waals surface area contributed by atoms with Gasteiger partial charge in [-0.15, -0.1) is 0 Å². The fraction of sp³-hybridized carbons (Fsp3) is 0.842. The van der Waals surface area contributed by atoms with Crippen LogP contribution >= 0.6 is 0 Å². The Morgan fingerprint density at radius 3 is 1.72 bits per heavy atom. The van der Waals surface area contributed by atoms with Crippen LogP contribution in [0.15, 0.2) is 11.5 Å². The number of unbranched alkanes of at least 4 members (excludes halogenated alkanes) is 13. The third-order valence-electron chi connectivity index (χ3n) is 4.17. The number of carboxylic acids is 1. The number of rotatable bonds is 18. The van der Waals surface area contributed by atoms with E-state index in [9.17, 15) is 13.2 Å². The minimum atomic E-state index is -3.61. The summed E-state index contributed by atoms with van der Waals surface area (Å²) in [4.78, 5) is 10.3. The molecule has 0 fully saturated rings. The Balaban J connectivity index is 3.36. The van der Waals surface area contributed by atoms with Crippen LogP contribution in [0.1, 0.15) is 96.8 Å². The molecule has 0 amide bonds. The van der Waals surface area contributed by atoms with Crippen molar-refractivity contribution in [1.82, 2.24) is 4.72 Å². The first-order chi connectivity index (χ1) is 12.0. The number of sulfonamides is 1. The molecule has 6 heteroatoms. The van der Waals surface area contributed by atoms with Crippen LogP contribution in [0.3, 0.4) is 0 Å². The monoisotopic (exact) mass is 375 g/mol. The van der Waals surface area contributed by atoms with Gasteiger partial charge in [0.05, 0.1) is 0 Å². The summed E-state index contributed by atoms with van der Waals surface area (Å²) in [6, 6.07) is 0. The van der Waals surface area contributed by atoms with E-state index >= 15 is 0 Å². The van der Waals surface area contributed by atoms with E-state index < -0.39 is 22.5 Å². The molecular weight excluding hydrogens is 338 g/mol. The molecule has 148 valence electrons. The van der Waals surface area contributed by atoms with Crippen LogP contribution in [0.4, 0.5) is 0 Å². The zero-order valence-corrected chi connectivity index (χ0v) is 16.7. The van der Waals surface area contributed by atoms with E-state index in [-0.39, 0.29) is 0 Å². The van der Waals surface area contributed by atoms with Crippen molar-refractivity contribution >= 4 is 16.0 Å². The van der Waals surface area contributed by atoms with E-state index in [0.717, 1.165) is 18.2 Å². The molecule has 0 atom stereocenters. The summed E-state index contributed by atoms with van der Waals surface area (Å²) in [6.45, 7) is 1.67. The first-order valence-electron chi connectivity index (χ1n) is 9.86. The highest BCUT2D eigenvalue weighted by molar-refractivity contribution is 7.92. The Kier molecular flexibility index (Phi) is 16.0. The van der Waals surface area contributed by atoms with Crippen LogP contribution in [-0.4, -0.2) is 26.0 Å². The third kappa shape index (κ3) is 19.3. The van der Waals surface area contributed by atoms with Crippen molar-refractivity contribution in [3.8, 4) is 0 Å². The Hall–Kier alpha value is -0.880. The van der Waals surface area contributed by atoms with Gasteiger partial charge in [0, 0.05) is 5.41 Å². The van der Waals surface area contributed by atoms with E-state index in [1.165, 1.54) is 70.6 Å². The van der Waals surface area contributed by atoms with Gasteiger partial charge in [-0.25, -0.2) is 13.1 Å². The van der Waals surface area contributed by atoms with Gasteiger partial charge >= 0.3 is 5.97 Å². The molecule has 0 saturated carbocycles. The van der Waals surface area contributed by atoms with Crippen LogP contribution in [0.5, 0.6) is 0 Å². The van der Waals surface area contributed by atoms with E-state index in [4.69, 9.17) is 5.11 Å². The van der Waals surface area contributed by atoms with Crippen molar-refractivity contribution in [3.63, 3.8) is 0 Å². The van der Waals surface area contributed by atoms with Crippen LogP contribution in [0, 0.1) is 0 Å². The van der Waals surface area contributed by atoms with Gasteiger partial charge in [0.1, 0.15) is 6.54 Å². The number of hydrogen-bond acceptors (Lipinski definition) is 3. The van der Waals surface area contributed by atoms with Gasteiger partial charge < -0.3 is 5.11 Å². The summed E-state index contributed by atoms with van der Waals surface area (Å²) < 4.78 is 24.8. The van der Waals surface area contributed by atoms with Crippen molar-refractivity contribution in [2.75, 3.05) is 6.54 Å². The van der Waals surface area contributed by atoms with Gasteiger partial charge in [0.25, 0.3) is 0 Å². The molecule has 0 heterocycles. The van der Waals surface area contributed by atoms with Crippen molar-refractivity contribution in [2.24, 2.45) is 0 Å². The maximum Gasteiger partial charge on any atom is 0.318 e. The maximum absolute atomic E-state index is 11.4. The summed E-state index contributed by atoms with van der Waals surface area (Å²) in [6.07, 6.45) is 19.1. The highest BCUT2D eigenvalue weighted by atomic mass is 32.2. The second kappa shape index (κ2) is 16.6. The Bertz CT molecular complexity index is 446. The molecule has 0 aromatic carbocycles. The zero-order chi connectivity index (χ0) is 18.8. The van der Waals surface area contributed by atoms with Crippen molar-refractivity contribution in [1.29, 1.82) is 0 Å². The first kappa shape index (κ1) is 24.1. The standard InChI is InChI=1S/C19H37NO4S/c1-2-3-4-5-6-7-8-9-10-11-12-13-14-15-16-17-25(23,24)20-18-19(21)22/h16-17,20H,2-15,18H2,1H3,(H,21,22)/b17-16+. The van der Waals surface area contributed by atoms with Gasteiger partial charge in [-0.3, -0.25) is 4.79 Å². The lowest BCUT2D eigenvalue weighted by atomic mass is 10.0. The molecule has 0 bridgehead atoms. The molecule has 0 aliphatic rings. The quantitative estimate of drug-likeness (QED) is 0.331. The summed E-state index contributed by atoms with van der Waals surface area (Å²) in [5.74, 6) is -1.19. The zero-order valence-electron chi connectivity index (χ0n) is 15.8. The molecule has 2 N–H and O–H groups in total. The van der Waals surface area contributed by atoms with E-state index in [1.807, 2.05) is 4.72 Å². The lowest BCUT2D eigenvalue weighted by molar-refractivity contribution is -0.135. The number of carboxylic acid groups (broad SMARTS) is 1. The summed E-state index contributed by atoms with van der Waals surface area (Å²) in [7, 11) is -3.61. The molecule has 0 spiro atoms. The number of aliphatic carboxylic acids is 1. The van der Waals surface area contributed by atoms with Gasteiger partial charge in [-0.05, 0) is 12.8 Å². The number of carbonyl (C=O) groups is 1. The molecule has 0 aromatic heterocycles. The van der Waals surface area contributed by atoms with Gasteiger partial charge in [-0.2, -0.15) is 0 Å². The lowest BCUT2D eigenvalue weighted by Crippen LogP contribution is -2.27. The average Bonchev–Trinajstić information content (AvgIpc) is 2.56. The second-order valence-electron chi connectivity index (χ2n) is 6.66.